The first kappa shape index (κ1) is 10.7. The largest absolute Gasteiger partial charge is 0.368 e. The number of hydrogen-bond acceptors (Lipinski definition) is 3. The van der Waals surface area contributed by atoms with Crippen LogP contribution in [0.5, 0.6) is 0 Å². The van der Waals surface area contributed by atoms with Crippen LogP contribution >= 0.6 is 0 Å². The van der Waals surface area contributed by atoms with Gasteiger partial charge in [-0.05, 0) is 30.7 Å². The van der Waals surface area contributed by atoms with Crippen molar-refractivity contribution < 1.29 is 4.74 Å². The van der Waals surface area contributed by atoms with E-state index in [1.165, 1.54) is 10.9 Å². The van der Waals surface area contributed by atoms with E-state index in [1.807, 2.05) is 12.3 Å². The first-order chi connectivity index (χ1) is 8.25. The van der Waals surface area contributed by atoms with E-state index < -0.39 is 0 Å². The molecule has 3 heteroatoms. The number of aromatic nitrogens is 1. The predicted molar refractivity (Wildman–Crippen MR) is 67.8 cm³/mol. The van der Waals surface area contributed by atoms with Crippen molar-refractivity contribution in [3.05, 3.63) is 42.1 Å². The van der Waals surface area contributed by atoms with Gasteiger partial charge in [0.15, 0.2) is 0 Å². The molecule has 1 aromatic carbocycles. The number of nitrogens with one attached hydrogen (secondary N) is 1. The fraction of sp³-hybridized carbons (Fsp3) is 0.357. The normalized spacial score (nSPS) is 17.9. The highest BCUT2D eigenvalue weighted by atomic mass is 16.5. The van der Waals surface area contributed by atoms with Gasteiger partial charge in [-0.3, -0.25) is 4.98 Å². The van der Waals surface area contributed by atoms with Gasteiger partial charge in [-0.1, -0.05) is 12.1 Å². The maximum Gasteiger partial charge on any atom is 0.0906 e. The molecule has 0 bridgehead atoms. The van der Waals surface area contributed by atoms with E-state index in [0.29, 0.717) is 6.61 Å². The second-order valence-electron chi connectivity index (χ2n) is 4.87. The van der Waals surface area contributed by atoms with E-state index in [0.717, 1.165) is 18.6 Å². The molecule has 1 fully saturated rings. The van der Waals surface area contributed by atoms with E-state index >= 15 is 0 Å². The lowest BCUT2D eigenvalue weighted by Gasteiger charge is -2.39. The van der Waals surface area contributed by atoms with Gasteiger partial charge in [0, 0.05) is 24.7 Å². The number of rotatable bonds is 3. The molecule has 88 valence electrons. The number of pyridine rings is 1. The van der Waals surface area contributed by atoms with Crippen LogP contribution in [0.2, 0.25) is 0 Å². The summed E-state index contributed by atoms with van der Waals surface area (Å²) in [5, 5.41) is 4.40. The standard InChI is InChI=1S/C14H16N2O/c1-14(9-15-10-14)17-8-11-4-5-13-12(7-11)3-2-6-16-13/h2-7,15H,8-10H2,1H3. The van der Waals surface area contributed by atoms with Crippen LogP contribution in [0.25, 0.3) is 10.9 Å². The highest BCUT2D eigenvalue weighted by Gasteiger charge is 2.32. The van der Waals surface area contributed by atoms with Crippen LogP contribution in [-0.2, 0) is 11.3 Å². The molecule has 0 amide bonds. The molecular formula is C14H16N2O. The molecule has 0 unspecified atom stereocenters. The molecule has 1 saturated heterocycles. The maximum absolute atomic E-state index is 5.92. The van der Waals surface area contributed by atoms with Crippen LogP contribution in [0.1, 0.15) is 12.5 Å². The van der Waals surface area contributed by atoms with Crippen molar-refractivity contribution in [2.45, 2.75) is 19.1 Å². The van der Waals surface area contributed by atoms with E-state index in [1.54, 1.807) is 0 Å². The zero-order valence-electron chi connectivity index (χ0n) is 9.94. The van der Waals surface area contributed by atoms with Gasteiger partial charge in [0.1, 0.15) is 0 Å². The fourth-order valence-corrected chi connectivity index (χ4v) is 2.05. The maximum atomic E-state index is 5.92. The summed E-state index contributed by atoms with van der Waals surface area (Å²) in [7, 11) is 0. The Morgan fingerprint density at radius 3 is 3.00 bits per heavy atom. The molecule has 0 saturated carbocycles. The van der Waals surface area contributed by atoms with Gasteiger partial charge in [0.25, 0.3) is 0 Å². The van der Waals surface area contributed by atoms with Gasteiger partial charge in [-0.15, -0.1) is 0 Å². The number of fused-ring (bicyclic) bond motifs is 1. The first-order valence-electron chi connectivity index (χ1n) is 5.94. The molecule has 2 heterocycles. The van der Waals surface area contributed by atoms with Crippen LogP contribution < -0.4 is 5.32 Å². The minimum Gasteiger partial charge on any atom is -0.368 e. The molecule has 1 aliphatic heterocycles. The Bertz CT molecular complexity index is 534. The third-order valence-corrected chi connectivity index (χ3v) is 3.25. The summed E-state index contributed by atoms with van der Waals surface area (Å²) in [4.78, 5) is 4.31. The van der Waals surface area contributed by atoms with Crippen LogP contribution in [0, 0.1) is 0 Å². The minimum absolute atomic E-state index is 0.0178. The summed E-state index contributed by atoms with van der Waals surface area (Å²) in [5.41, 5.74) is 2.26. The Hall–Kier alpha value is -1.45. The van der Waals surface area contributed by atoms with Gasteiger partial charge in [0.05, 0.1) is 17.7 Å². The number of benzene rings is 1. The second kappa shape index (κ2) is 4.09. The first-order valence-corrected chi connectivity index (χ1v) is 5.94. The molecule has 0 spiro atoms. The lowest BCUT2D eigenvalue weighted by atomic mass is 10.00. The number of hydrogen-bond donors (Lipinski definition) is 1. The Morgan fingerprint density at radius 2 is 2.24 bits per heavy atom. The summed E-state index contributed by atoms with van der Waals surface area (Å²) in [6.07, 6.45) is 1.82. The fourth-order valence-electron chi connectivity index (χ4n) is 2.05. The quantitative estimate of drug-likeness (QED) is 0.873. The lowest BCUT2D eigenvalue weighted by molar-refractivity contribution is -0.0767. The molecular weight excluding hydrogens is 212 g/mol. The molecule has 0 aliphatic carbocycles. The molecule has 1 aliphatic rings. The highest BCUT2D eigenvalue weighted by molar-refractivity contribution is 5.78. The van der Waals surface area contributed by atoms with Crippen LogP contribution in [0.3, 0.4) is 0 Å². The van der Waals surface area contributed by atoms with Crippen LogP contribution in [-0.4, -0.2) is 23.7 Å². The summed E-state index contributed by atoms with van der Waals surface area (Å²) < 4.78 is 5.92. The van der Waals surface area contributed by atoms with Gasteiger partial charge in [-0.25, -0.2) is 0 Å². The molecule has 17 heavy (non-hydrogen) atoms. The summed E-state index contributed by atoms with van der Waals surface area (Å²) in [5.74, 6) is 0. The Morgan fingerprint density at radius 1 is 1.35 bits per heavy atom. The monoisotopic (exact) mass is 228 g/mol. The minimum atomic E-state index is 0.0178. The third kappa shape index (κ3) is 2.16. The average molecular weight is 228 g/mol. The molecule has 3 nitrogen and oxygen atoms in total. The predicted octanol–water partition coefficient (Wildman–Crippen LogP) is 2.11. The average Bonchev–Trinajstić information content (AvgIpc) is 2.34. The Kier molecular flexibility index (Phi) is 2.57. The van der Waals surface area contributed by atoms with Crippen LogP contribution in [0.4, 0.5) is 0 Å². The zero-order chi connectivity index (χ0) is 11.7. The third-order valence-electron chi connectivity index (χ3n) is 3.25. The van der Waals surface area contributed by atoms with Gasteiger partial charge in [-0.2, -0.15) is 0 Å². The van der Waals surface area contributed by atoms with Crippen molar-refractivity contribution >= 4 is 10.9 Å². The smallest absolute Gasteiger partial charge is 0.0906 e. The number of nitrogens with zero attached hydrogens (tertiary/aromatic N) is 1. The topological polar surface area (TPSA) is 34.1 Å². The molecule has 3 rings (SSSR count). The zero-order valence-corrected chi connectivity index (χ0v) is 9.94. The van der Waals surface area contributed by atoms with Crippen LogP contribution in [0.15, 0.2) is 36.5 Å². The highest BCUT2D eigenvalue weighted by Crippen LogP contribution is 2.19. The van der Waals surface area contributed by atoms with Gasteiger partial charge >= 0.3 is 0 Å². The SMILES string of the molecule is CC1(OCc2ccc3ncccc3c2)CNC1. The van der Waals surface area contributed by atoms with Crippen molar-refractivity contribution in [2.24, 2.45) is 0 Å². The molecule has 1 aromatic heterocycles. The van der Waals surface area contributed by atoms with Gasteiger partial charge < -0.3 is 10.1 Å². The van der Waals surface area contributed by atoms with Gasteiger partial charge in [0.2, 0.25) is 0 Å². The van der Waals surface area contributed by atoms with Crippen molar-refractivity contribution in [3.8, 4) is 0 Å². The number of ether oxygens (including phenoxy) is 1. The van der Waals surface area contributed by atoms with Crippen molar-refractivity contribution in [2.75, 3.05) is 13.1 Å². The summed E-state index contributed by atoms with van der Waals surface area (Å²) in [6, 6.07) is 10.3. The molecule has 1 N–H and O–H groups in total. The second-order valence-corrected chi connectivity index (χ2v) is 4.87. The van der Waals surface area contributed by atoms with E-state index in [9.17, 15) is 0 Å². The summed E-state index contributed by atoms with van der Waals surface area (Å²) in [6.45, 7) is 4.71. The Balaban J connectivity index is 1.76. The summed E-state index contributed by atoms with van der Waals surface area (Å²) >= 11 is 0. The van der Waals surface area contributed by atoms with Crippen molar-refractivity contribution in [1.82, 2.24) is 10.3 Å². The molecule has 0 atom stereocenters. The van der Waals surface area contributed by atoms with E-state index in [4.69, 9.17) is 4.74 Å². The van der Waals surface area contributed by atoms with E-state index in [-0.39, 0.29) is 5.60 Å². The molecule has 0 radical (unpaired) electrons. The lowest BCUT2D eigenvalue weighted by Crippen LogP contribution is -2.58. The molecule has 2 aromatic rings. The van der Waals surface area contributed by atoms with Crippen molar-refractivity contribution in [1.29, 1.82) is 0 Å². The van der Waals surface area contributed by atoms with Crippen molar-refractivity contribution in [3.63, 3.8) is 0 Å². The Labute approximate surface area is 101 Å². The van der Waals surface area contributed by atoms with E-state index in [2.05, 4.69) is 41.5 Å².